The van der Waals surface area contributed by atoms with Crippen LogP contribution in [0.15, 0.2) is 59.1 Å². The molecular formula is C31H34N2O5. The van der Waals surface area contributed by atoms with Crippen LogP contribution in [0.1, 0.15) is 81.2 Å². The van der Waals surface area contributed by atoms with Gasteiger partial charge in [-0.2, -0.15) is 0 Å². The minimum atomic E-state index is -0.582. The number of amides is 1. The monoisotopic (exact) mass is 514 g/mol. The Labute approximate surface area is 222 Å². The van der Waals surface area contributed by atoms with Gasteiger partial charge in [0.1, 0.15) is 17.5 Å². The first kappa shape index (κ1) is 24.7. The van der Waals surface area contributed by atoms with Gasteiger partial charge in [-0.3, -0.25) is 10.1 Å². The molecular weight excluding hydrogens is 480 g/mol. The van der Waals surface area contributed by atoms with Crippen molar-refractivity contribution < 1.29 is 24.0 Å². The summed E-state index contributed by atoms with van der Waals surface area (Å²) in [5, 5.41) is 16.8. The second-order valence-electron chi connectivity index (χ2n) is 11.6. The Bertz CT molecular complexity index is 1330. The van der Waals surface area contributed by atoms with Crippen molar-refractivity contribution >= 4 is 17.7 Å². The third-order valence-electron chi connectivity index (χ3n) is 9.82. The molecule has 7 heteroatoms. The number of ether oxygens (including phenoxy) is 1. The number of anilines is 1. The Morgan fingerprint density at radius 3 is 2.16 bits per heavy atom. The number of aryl methyl sites for hydroxylation is 1. The van der Waals surface area contributed by atoms with Gasteiger partial charge in [-0.15, -0.1) is 0 Å². The van der Waals surface area contributed by atoms with Gasteiger partial charge in [-0.1, -0.05) is 59.8 Å². The highest BCUT2D eigenvalue weighted by Gasteiger charge is 2.67. The van der Waals surface area contributed by atoms with Crippen LogP contribution in [0.5, 0.6) is 0 Å². The second-order valence-corrected chi connectivity index (χ2v) is 11.6. The average molecular weight is 515 g/mol. The summed E-state index contributed by atoms with van der Waals surface area (Å²) in [6, 6.07) is 18.0. The zero-order chi connectivity index (χ0) is 26.5. The highest BCUT2D eigenvalue weighted by molar-refractivity contribution is 5.90. The number of hydrogen-bond donors (Lipinski definition) is 2. The molecule has 0 radical (unpaired) electrons. The number of rotatable bonds is 7. The lowest BCUT2D eigenvalue weighted by atomic mass is 9.47. The standard InChI is InChI=1S/C31H34N2O5/c1-20-25(32-28(36)37-21(2)22-6-4-3-5-7-22)26(38-33-20)23-8-10-24(11-9-23)29-12-15-30(16-13-29,17-14-29)31(18-19-31)27(34)35/h3-11,21H,12-19H2,1-2H3,(H,32,36)(H,34,35). The first-order valence-corrected chi connectivity index (χ1v) is 13.6. The summed E-state index contributed by atoms with van der Waals surface area (Å²) in [6.45, 7) is 3.62. The van der Waals surface area contributed by atoms with E-state index in [1.165, 1.54) is 5.56 Å². The molecule has 1 aromatic heterocycles. The molecule has 198 valence electrons. The van der Waals surface area contributed by atoms with Crippen molar-refractivity contribution in [2.75, 3.05) is 5.32 Å². The van der Waals surface area contributed by atoms with Crippen molar-refractivity contribution in [3.8, 4) is 11.3 Å². The molecule has 7 rings (SSSR count). The Morgan fingerprint density at radius 1 is 0.947 bits per heavy atom. The fraction of sp³-hybridized carbons (Fsp3) is 0.452. The van der Waals surface area contributed by atoms with E-state index in [4.69, 9.17) is 9.26 Å². The van der Waals surface area contributed by atoms with Crippen LogP contribution in [0, 0.1) is 17.8 Å². The number of nitrogens with one attached hydrogen (secondary N) is 1. The van der Waals surface area contributed by atoms with Crippen LogP contribution in [-0.2, 0) is 14.9 Å². The molecule has 1 unspecified atom stereocenters. The molecule has 38 heavy (non-hydrogen) atoms. The lowest BCUT2D eigenvalue weighted by Crippen LogP contribution is -2.50. The SMILES string of the molecule is Cc1noc(-c2ccc(C34CCC(C5(C(=O)O)CC5)(CC3)CC4)cc2)c1NC(=O)OC(C)c1ccccc1. The van der Waals surface area contributed by atoms with Gasteiger partial charge in [-0.05, 0) is 87.2 Å². The van der Waals surface area contributed by atoms with Crippen LogP contribution in [-0.4, -0.2) is 22.3 Å². The summed E-state index contributed by atoms with van der Waals surface area (Å²) in [5.74, 6) is -0.0827. The van der Waals surface area contributed by atoms with E-state index in [1.54, 1.807) is 6.92 Å². The van der Waals surface area contributed by atoms with E-state index in [0.29, 0.717) is 17.1 Å². The van der Waals surface area contributed by atoms with Crippen LogP contribution >= 0.6 is 0 Å². The number of fused-ring (bicyclic) bond motifs is 3. The van der Waals surface area contributed by atoms with Crippen LogP contribution in [0.25, 0.3) is 11.3 Å². The number of carbonyl (C=O) groups excluding carboxylic acids is 1. The molecule has 1 atom stereocenters. The molecule has 3 aromatic rings. The van der Waals surface area contributed by atoms with Gasteiger partial charge in [0.25, 0.3) is 0 Å². The van der Waals surface area contributed by atoms with Crippen LogP contribution in [0.3, 0.4) is 0 Å². The van der Waals surface area contributed by atoms with E-state index in [0.717, 1.165) is 62.5 Å². The van der Waals surface area contributed by atoms with Crippen molar-refractivity contribution in [1.29, 1.82) is 0 Å². The van der Waals surface area contributed by atoms with Crippen molar-refractivity contribution in [1.82, 2.24) is 5.16 Å². The van der Waals surface area contributed by atoms with E-state index in [1.807, 2.05) is 49.4 Å². The highest BCUT2D eigenvalue weighted by Crippen LogP contribution is 2.71. The number of aromatic nitrogens is 1. The van der Waals surface area contributed by atoms with E-state index in [2.05, 4.69) is 22.6 Å². The molecule has 2 N–H and O–H groups in total. The molecule has 0 spiro atoms. The molecule has 1 heterocycles. The first-order chi connectivity index (χ1) is 18.3. The lowest BCUT2D eigenvalue weighted by Gasteiger charge is -2.56. The average Bonchev–Trinajstić information content (AvgIpc) is 3.71. The molecule has 7 nitrogen and oxygen atoms in total. The van der Waals surface area contributed by atoms with Crippen molar-refractivity contribution in [2.24, 2.45) is 10.8 Å². The molecule has 2 aromatic carbocycles. The third kappa shape index (κ3) is 3.91. The van der Waals surface area contributed by atoms with Crippen LogP contribution < -0.4 is 5.32 Å². The summed E-state index contributed by atoms with van der Waals surface area (Å²) >= 11 is 0. The van der Waals surface area contributed by atoms with Gasteiger partial charge in [0, 0.05) is 5.56 Å². The summed E-state index contributed by atoms with van der Waals surface area (Å²) in [5.41, 5.74) is 3.78. The van der Waals surface area contributed by atoms with Crippen molar-refractivity contribution in [3.63, 3.8) is 0 Å². The summed E-state index contributed by atoms with van der Waals surface area (Å²) in [4.78, 5) is 24.7. The van der Waals surface area contributed by atoms with Gasteiger partial charge in [0.2, 0.25) is 0 Å². The number of aliphatic carboxylic acids is 1. The van der Waals surface area contributed by atoms with E-state index in [9.17, 15) is 14.7 Å². The lowest BCUT2D eigenvalue weighted by molar-refractivity contribution is -0.154. The molecule has 4 aliphatic rings. The predicted octanol–water partition coefficient (Wildman–Crippen LogP) is 7.42. The summed E-state index contributed by atoms with van der Waals surface area (Å²) in [6.07, 6.45) is 6.86. The molecule has 4 fully saturated rings. The molecule has 4 saturated carbocycles. The maximum atomic E-state index is 12.7. The predicted molar refractivity (Wildman–Crippen MR) is 143 cm³/mol. The Balaban J connectivity index is 1.16. The van der Waals surface area contributed by atoms with Crippen LogP contribution in [0.4, 0.5) is 10.5 Å². The zero-order valence-corrected chi connectivity index (χ0v) is 22.0. The Hall–Kier alpha value is -3.61. The fourth-order valence-electron chi connectivity index (χ4n) is 7.21. The molecule has 0 saturated heterocycles. The van der Waals surface area contributed by atoms with Gasteiger partial charge in [0.15, 0.2) is 5.76 Å². The third-order valence-corrected chi connectivity index (χ3v) is 9.82. The quantitative estimate of drug-likeness (QED) is 0.340. The summed E-state index contributed by atoms with van der Waals surface area (Å²) < 4.78 is 11.2. The van der Waals surface area contributed by atoms with E-state index < -0.39 is 23.6 Å². The topological polar surface area (TPSA) is 102 Å². The molecule has 1 amide bonds. The minimum absolute atomic E-state index is 0.00885. The largest absolute Gasteiger partial charge is 0.481 e. The number of benzene rings is 2. The summed E-state index contributed by atoms with van der Waals surface area (Å²) in [7, 11) is 0. The number of hydrogen-bond acceptors (Lipinski definition) is 5. The Morgan fingerprint density at radius 2 is 1.58 bits per heavy atom. The first-order valence-electron chi connectivity index (χ1n) is 13.6. The zero-order valence-electron chi connectivity index (χ0n) is 22.0. The van der Waals surface area contributed by atoms with Gasteiger partial charge >= 0.3 is 12.1 Å². The van der Waals surface area contributed by atoms with Gasteiger partial charge < -0.3 is 14.4 Å². The van der Waals surface area contributed by atoms with Crippen LogP contribution in [0.2, 0.25) is 0 Å². The smallest absolute Gasteiger partial charge is 0.412 e. The normalized spacial score (nSPS) is 25.9. The van der Waals surface area contributed by atoms with Crippen molar-refractivity contribution in [2.45, 2.75) is 76.7 Å². The highest BCUT2D eigenvalue weighted by atomic mass is 16.6. The molecule has 2 bridgehead atoms. The number of carbonyl (C=O) groups is 2. The fourth-order valence-corrected chi connectivity index (χ4v) is 7.21. The van der Waals surface area contributed by atoms with Gasteiger partial charge in [-0.25, -0.2) is 4.79 Å². The second kappa shape index (κ2) is 9.00. The number of nitrogens with zero attached hydrogens (tertiary/aromatic N) is 1. The van der Waals surface area contributed by atoms with E-state index >= 15 is 0 Å². The molecule has 4 aliphatic carbocycles. The van der Waals surface area contributed by atoms with Gasteiger partial charge in [0.05, 0.1) is 5.41 Å². The maximum absolute atomic E-state index is 12.7. The van der Waals surface area contributed by atoms with E-state index in [-0.39, 0.29) is 10.8 Å². The molecule has 0 aliphatic heterocycles. The Kier molecular flexibility index (Phi) is 5.85. The maximum Gasteiger partial charge on any atom is 0.412 e. The van der Waals surface area contributed by atoms with Crippen molar-refractivity contribution in [3.05, 3.63) is 71.4 Å². The number of carboxylic acids is 1. The number of carboxylic acid groups (broad SMARTS) is 1. The minimum Gasteiger partial charge on any atom is -0.481 e.